The lowest BCUT2D eigenvalue weighted by Crippen LogP contribution is -2.52. The van der Waals surface area contributed by atoms with E-state index >= 15 is 0 Å². The molecule has 5 nitrogen and oxygen atoms in total. The summed E-state index contributed by atoms with van der Waals surface area (Å²) in [7, 11) is 0. The van der Waals surface area contributed by atoms with Gasteiger partial charge in [0.25, 0.3) is 0 Å². The van der Waals surface area contributed by atoms with Gasteiger partial charge in [-0.25, -0.2) is 0 Å². The molecule has 108 valence electrons. The molecule has 19 heavy (non-hydrogen) atoms. The summed E-state index contributed by atoms with van der Waals surface area (Å²) in [4.78, 5) is 12.0. The largest absolute Gasteiger partial charge is 0.361 e. The van der Waals surface area contributed by atoms with Crippen molar-refractivity contribution < 1.29 is 9.32 Å². The maximum atomic E-state index is 12.0. The van der Waals surface area contributed by atoms with E-state index in [0.29, 0.717) is 19.4 Å². The standard InChI is InChI=1S/C14H25N3O2/c1-5-14(6-2,9-15)16-13(18)8-7-12-10(3)17-19-11(12)4/h5-9,15H2,1-4H3,(H,16,18). The van der Waals surface area contributed by atoms with E-state index in [2.05, 4.69) is 10.5 Å². The van der Waals surface area contributed by atoms with Gasteiger partial charge in [-0.1, -0.05) is 19.0 Å². The van der Waals surface area contributed by atoms with Crippen LogP contribution < -0.4 is 11.1 Å². The number of hydrogen-bond acceptors (Lipinski definition) is 4. The number of carbonyl (C=O) groups excluding carboxylic acids is 1. The SMILES string of the molecule is CCC(CC)(CN)NC(=O)CCc1c(C)noc1C. The first kappa shape index (κ1) is 15.7. The molecular weight excluding hydrogens is 242 g/mol. The van der Waals surface area contributed by atoms with Crippen molar-refractivity contribution in [1.29, 1.82) is 0 Å². The van der Waals surface area contributed by atoms with Crippen molar-refractivity contribution in [3.05, 3.63) is 17.0 Å². The number of aromatic nitrogens is 1. The van der Waals surface area contributed by atoms with Crippen LogP contribution in [0.25, 0.3) is 0 Å². The van der Waals surface area contributed by atoms with Crippen molar-refractivity contribution in [2.24, 2.45) is 5.73 Å². The highest BCUT2D eigenvalue weighted by atomic mass is 16.5. The molecule has 0 unspecified atom stereocenters. The summed E-state index contributed by atoms with van der Waals surface area (Å²) in [5.74, 6) is 0.829. The number of amides is 1. The molecule has 0 aliphatic rings. The van der Waals surface area contributed by atoms with Gasteiger partial charge in [0.1, 0.15) is 5.76 Å². The van der Waals surface area contributed by atoms with Gasteiger partial charge in [0, 0.05) is 18.5 Å². The summed E-state index contributed by atoms with van der Waals surface area (Å²) in [5.41, 5.74) is 7.40. The number of nitrogens with zero attached hydrogens (tertiary/aromatic N) is 1. The van der Waals surface area contributed by atoms with Gasteiger partial charge in [-0.2, -0.15) is 0 Å². The van der Waals surface area contributed by atoms with E-state index in [9.17, 15) is 4.79 Å². The van der Waals surface area contributed by atoms with Crippen molar-refractivity contribution in [1.82, 2.24) is 10.5 Å². The van der Waals surface area contributed by atoms with Crippen LogP contribution in [0.1, 0.15) is 50.1 Å². The third-order valence-electron chi connectivity index (χ3n) is 3.93. The fourth-order valence-electron chi connectivity index (χ4n) is 2.22. The first-order chi connectivity index (χ1) is 8.98. The topological polar surface area (TPSA) is 81.1 Å². The Labute approximate surface area is 114 Å². The second kappa shape index (κ2) is 6.70. The van der Waals surface area contributed by atoms with Gasteiger partial charge in [0.2, 0.25) is 5.91 Å². The molecule has 5 heteroatoms. The third-order valence-corrected chi connectivity index (χ3v) is 3.93. The highest BCUT2D eigenvalue weighted by molar-refractivity contribution is 5.77. The minimum absolute atomic E-state index is 0.0363. The van der Waals surface area contributed by atoms with Crippen LogP contribution in [-0.4, -0.2) is 23.1 Å². The fourth-order valence-corrected chi connectivity index (χ4v) is 2.22. The first-order valence-corrected chi connectivity index (χ1v) is 6.90. The van der Waals surface area contributed by atoms with E-state index in [1.165, 1.54) is 0 Å². The lowest BCUT2D eigenvalue weighted by molar-refractivity contribution is -0.123. The Morgan fingerprint density at radius 2 is 2.00 bits per heavy atom. The van der Waals surface area contributed by atoms with Crippen LogP contribution in [-0.2, 0) is 11.2 Å². The molecule has 1 aromatic heterocycles. The molecular formula is C14H25N3O2. The lowest BCUT2D eigenvalue weighted by atomic mass is 9.92. The van der Waals surface area contributed by atoms with Crippen LogP contribution in [0, 0.1) is 13.8 Å². The van der Waals surface area contributed by atoms with Gasteiger partial charge >= 0.3 is 0 Å². The zero-order chi connectivity index (χ0) is 14.5. The van der Waals surface area contributed by atoms with Crippen LogP contribution >= 0.6 is 0 Å². The molecule has 0 aliphatic heterocycles. The van der Waals surface area contributed by atoms with Gasteiger partial charge in [0.15, 0.2) is 0 Å². The van der Waals surface area contributed by atoms with Crippen molar-refractivity contribution in [2.45, 2.75) is 58.9 Å². The predicted molar refractivity (Wildman–Crippen MR) is 74.8 cm³/mol. The Morgan fingerprint density at radius 1 is 1.37 bits per heavy atom. The summed E-state index contributed by atoms with van der Waals surface area (Å²) in [6.45, 7) is 8.33. The second-order valence-electron chi connectivity index (χ2n) is 5.04. The zero-order valence-electron chi connectivity index (χ0n) is 12.4. The highest BCUT2D eigenvalue weighted by Gasteiger charge is 2.26. The number of carbonyl (C=O) groups is 1. The molecule has 0 aliphatic carbocycles. The molecule has 0 saturated heterocycles. The smallest absolute Gasteiger partial charge is 0.220 e. The molecule has 0 spiro atoms. The van der Waals surface area contributed by atoms with Crippen molar-refractivity contribution in [3.63, 3.8) is 0 Å². The van der Waals surface area contributed by atoms with Crippen molar-refractivity contribution in [3.8, 4) is 0 Å². The average molecular weight is 267 g/mol. The van der Waals surface area contributed by atoms with Gasteiger partial charge in [-0.05, 0) is 33.1 Å². The average Bonchev–Trinajstić information content (AvgIpc) is 2.73. The minimum Gasteiger partial charge on any atom is -0.361 e. The number of aryl methyl sites for hydroxylation is 2. The van der Waals surface area contributed by atoms with Gasteiger partial charge in [-0.3, -0.25) is 4.79 Å². The molecule has 1 rings (SSSR count). The third kappa shape index (κ3) is 3.80. The Morgan fingerprint density at radius 3 is 2.42 bits per heavy atom. The number of nitrogens with two attached hydrogens (primary N) is 1. The number of nitrogens with one attached hydrogen (secondary N) is 1. The molecule has 0 bridgehead atoms. The van der Waals surface area contributed by atoms with E-state index in [1.54, 1.807) is 0 Å². The van der Waals surface area contributed by atoms with Crippen LogP contribution in [0.15, 0.2) is 4.52 Å². The molecule has 0 atom stereocenters. The summed E-state index contributed by atoms with van der Waals surface area (Å²) < 4.78 is 5.09. The molecule has 1 aromatic rings. The maximum absolute atomic E-state index is 12.0. The predicted octanol–water partition coefficient (Wildman–Crippen LogP) is 1.86. The fraction of sp³-hybridized carbons (Fsp3) is 0.714. The summed E-state index contributed by atoms with van der Waals surface area (Å²) in [6, 6.07) is 0. The molecule has 0 saturated carbocycles. The van der Waals surface area contributed by atoms with Crippen LogP contribution in [0.2, 0.25) is 0 Å². The van der Waals surface area contributed by atoms with Crippen LogP contribution in [0.4, 0.5) is 0 Å². The van der Waals surface area contributed by atoms with Crippen molar-refractivity contribution in [2.75, 3.05) is 6.54 Å². The van der Waals surface area contributed by atoms with Crippen LogP contribution in [0.5, 0.6) is 0 Å². The first-order valence-electron chi connectivity index (χ1n) is 6.90. The molecule has 3 N–H and O–H groups in total. The molecule has 1 amide bonds. The molecule has 0 radical (unpaired) electrons. The monoisotopic (exact) mass is 267 g/mol. The van der Waals surface area contributed by atoms with Crippen LogP contribution in [0.3, 0.4) is 0 Å². The summed E-state index contributed by atoms with van der Waals surface area (Å²) >= 11 is 0. The quantitative estimate of drug-likeness (QED) is 0.790. The van der Waals surface area contributed by atoms with E-state index in [0.717, 1.165) is 29.9 Å². The Bertz CT molecular complexity index is 395. The molecule has 0 fully saturated rings. The number of rotatable bonds is 7. The van der Waals surface area contributed by atoms with Gasteiger partial charge in [0.05, 0.1) is 11.2 Å². The Balaban J connectivity index is 2.57. The number of hydrogen-bond donors (Lipinski definition) is 2. The maximum Gasteiger partial charge on any atom is 0.220 e. The van der Waals surface area contributed by atoms with E-state index in [1.807, 2.05) is 27.7 Å². The van der Waals surface area contributed by atoms with Gasteiger partial charge in [-0.15, -0.1) is 0 Å². The van der Waals surface area contributed by atoms with Gasteiger partial charge < -0.3 is 15.6 Å². The normalized spacial score (nSPS) is 11.6. The van der Waals surface area contributed by atoms with E-state index in [4.69, 9.17) is 10.3 Å². The van der Waals surface area contributed by atoms with E-state index in [-0.39, 0.29) is 11.4 Å². The second-order valence-corrected chi connectivity index (χ2v) is 5.04. The Kier molecular flexibility index (Phi) is 5.54. The lowest BCUT2D eigenvalue weighted by Gasteiger charge is -2.31. The van der Waals surface area contributed by atoms with Crippen molar-refractivity contribution >= 4 is 5.91 Å². The minimum atomic E-state index is -0.268. The molecule has 0 aromatic carbocycles. The molecule has 1 heterocycles. The zero-order valence-corrected chi connectivity index (χ0v) is 12.4. The Hall–Kier alpha value is -1.36. The summed E-state index contributed by atoms with van der Waals surface area (Å²) in [5, 5.41) is 6.96. The van der Waals surface area contributed by atoms with E-state index < -0.39 is 0 Å². The highest BCUT2D eigenvalue weighted by Crippen LogP contribution is 2.16. The summed E-state index contributed by atoms with van der Waals surface area (Å²) in [6.07, 6.45) is 2.78.